The van der Waals surface area contributed by atoms with Crippen LogP contribution in [0.3, 0.4) is 0 Å². The maximum absolute atomic E-state index is 11.8. The SMILES string of the molecule is Cc1cc(C)n(CCNC(=O)CSCc2ccccc2)n1. The number of carbonyl (C=O) groups is 1. The highest BCUT2D eigenvalue weighted by atomic mass is 32.2. The van der Waals surface area contributed by atoms with Crippen LogP contribution in [0.25, 0.3) is 0 Å². The van der Waals surface area contributed by atoms with Crippen LogP contribution in [0.15, 0.2) is 36.4 Å². The number of hydrogen-bond donors (Lipinski definition) is 1. The fourth-order valence-electron chi connectivity index (χ4n) is 2.09. The van der Waals surface area contributed by atoms with Crippen molar-refractivity contribution in [1.82, 2.24) is 15.1 Å². The number of amides is 1. The van der Waals surface area contributed by atoms with E-state index in [-0.39, 0.29) is 5.91 Å². The van der Waals surface area contributed by atoms with Crippen LogP contribution in [0.1, 0.15) is 17.0 Å². The van der Waals surface area contributed by atoms with Gasteiger partial charge in [-0.15, -0.1) is 11.8 Å². The summed E-state index contributed by atoms with van der Waals surface area (Å²) < 4.78 is 1.92. The number of aromatic nitrogens is 2. The van der Waals surface area contributed by atoms with Gasteiger partial charge in [-0.25, -0.2) is 0 Å². The molecule has 5 heteroatoms. The second kappa shape index (κ2) is 7.88. The third-order valence-electron chi connectivity index (χ3n) is 3.09. The lowest BCUT2D eigenvalue weighted by Gasteiger charge is -2.07. The first kappa shape index (κ1) is 15.6. The fraction of sp³-hybridized carbons (Fsp3) is 0.375. The van der Waals surface area contributed by atoms with Crippen LogP contribution in [0.4, 0.5) is 0 Å². The molecular weight excluding hydrogens is 282 g/mol. The summed E-state index contributed by atoms with van der Waals surface area (Å²) in [6, 6.07) is 12.2. The highest BCUT2D eigenvalue weighted by Gasteiger charge is 2.03. The predicted molar refractivity (Wildman–Crippen MR) is 87.3 cm³/mol. The van der Waals surface area contributed by atoms with Gasteiger partial charge in [0.15, 0.2) is 0 Å². The second-order valence-corrected chi connectivity index (χ2v) is 5.96. The Balaban J connectivity index is 1.63. The van der Waals surface area contributed by atoms with E-state index < -0.39 is 0 Å². The van der Waals surface area contributed by atoms with Crippen LogP contribution in [-0.4, -0.2) is 28.0 Å². The largest absolute Gasteiger partial charge is 0.354 e. The Morgan fingerprint density at radius 1 is 1.29 bits per heavy atom. The summed E-state index contributed by atoms with van der Waals surface area (Å²) >= 11 is 1.63. The Morgan fingerprint density at radius 2 is 2.05 bits per heavy atom. The van der Waals surface area contributed by atoms with E-state index in [4.69, 9.17) is 0 Å². The molecule has 0 atom stereocenters. The number of rotatable bonds is 7. The Hall–Kier alpha value is -1.75. The molecule has 0 aliphatic rings. The fourth-order valence-corrected chi connectivity index (χ4v) is 2.91. The molecule has 1 amide bonds. The molecule has 21 heavy (non-hydrogen) atoms. The van der Waals surface area contributed by atoms with E-state index in [0.29, 0.717) is 12.3 Å². The van der Waals surface area contributed by atoms with Gasteiger partial charge in [0.25, 0.3) is 0 Å². The van der Waals surface area contributed by atoms with E-state index in [2.05, 4.69) is 22.5 Å². The lowest BCUT2D eigenvalue weighted by Crippen LogP contribution is -2.29. The van der Waals surface area contributed by atoms with Gasteiger partial charge in [0, 0.05) is 18.0 Å². The average Bonchev–Trinajstić information content (AvgIpc) is 2.78. The summed E-state index contributed by atoms with van der Waals surface area (Å²) in [5.41, 5.74) is 3.38. The summed E-state index contributed by atoms with van der Waals surface area (Å²) in [5, 5.41) is 7.30. The first-order valence-corrected chi connectivity index (χ1v) is 8.20. The first-order chi connectivity index (χ1) is 10.1. The topological polar surface area (TPSA) is 46.9 Å². The van der Waals surface area contributed by atoms with E-state index >= 15 is 0 Å². The smallest absolute Gasteiger partial charge is 0.230 e. The molecule has 1 heterocycles. The molecule has 0 radical (unpaired) electrons. The van der Waals surface area contributed by atoms with Crippen LogP contribution in [-0.2, 0) is 17.1 Å². The van der Waals surface area contributed by atoms with Gasteiger partial charge < -0.3 is 5.32 Å². The molecule has 1 aromatic carbocycles. The van der Waals surface area contributed by atoms with Crippen molar-refractivity contribution < 1.29 is 4.79 Å². The van der Waals surface area contributed by atoms with E-state index in [1.807, 2.05) is 42.8 Å². The van der Waals surface area contributed by atoms with Crippen molar-refractivity contribution in [1.29, 1.82) is 0 Å². The normalized spacial score (nSPS) is 10.6. The van der Waals surface area contributed by atoms with Gasteiger partial charge >= 0.3 is 0 Å². The predicted octanol–water partition coefficient (Wildman–Crippen LogP) is 2.55. The number of benzene rings is 1. The molecule has 0 aliphatic heterocycles. The molecule has 0 aliphatic carbocycles. The Morgan fingerprint density at radius 3 is 2.71 bits per heavy atom. The summed E-state index contributed by atoms with van der Waals surface area (Å²) in [6.45, 7) is 5.33. The molecule has 1 N–H and O–H groups in total. The third kappa shape index (κ3) is 5.27. The summed E-state index contributed by atoms with van der Waals surface area (Å²) in [7, 11) is 0. The van der Waals surface area contributed by atoms with Crippen LogP contribution in [0.5, 0.6) is 0 Å². The molecule has 2 rings (SSSR count). The molecule has 112 valence electrons. The van der Waals surface area contributed by atoms with Gasteiger partial charge in [0.2, 0.25) is 5.91 Å². The Labute approximate surface area is 129 Å². The van der Waals surface area contributed by atoms with Gasteiger partial charge in [-0.05, 0) is 25.5 Å². The number of nitrogens with one attached hydrogen (secondary N) is 1. The van der Waals surface area contributed by atoms with Crippen LogP contribution in [0.2, 0.25) is 0 Å². The average molecular weight is 303 g/mol. The molecule has 0 bridgehead atoms. The van der Waals surface area contributed by atoms with Crippen molar-refractivity contribution in [3.05, 3.63) is 53.3 Å². The van der Waals surface area contributed by atoms with Crippen molar-refractivity contribution >= 4 is 17.7 Å². The zero-order valence-corrected chi connectivity index (χ0v) is 13.3. The lowest BCUT2D eigenvalue weighted by atomic mass is 10.2. The van der Waals surface area contributed by atoms with Crippen molar-refractivity contribution in [3.8, 4) is 0 Å². The van der Waals surface area contributed by atoms with Gasteiger partial charge in [-0.2, -0.15) is 5.10 Å². The minimum absolute atomic E-state index is 0.0810. The highest BCUT2D eigenvalue weighted by Crippen LogP contribution is 2.10. The van der Waals surface area contributed by atoms with Gasteiger partial charge in [0.05, 0.1) is 18.0 Å². The molecule has 1 aromatic heterocycles. The maximum Gasteiger partial charge on any atom is 0.230 e. The number of thioether (sulfide) groups is 1. The van der Waals surface area contributed by atoms with Crippen molar-refractivity contribution in [2.45, 2.75) is 26.1 Å². The highest BCUT2D eigenvalue weighted by molar-refractivity contribution is 7.99. The third-order valence-corrected chi connectivity index (χ3v) is 4.10. The molecule has 0 unspecified atom stereocenters. The van der Waals surface area contributed by atoms with Crippen LogP contribution >= 0.6 is 11.8 Å². The molecular formula is C16H21N3OS. The van der Waals surface area contributed by atoms with Crippen molar-refractivity contribution in [3.63, 3.8) is 0 Å². The minimum atomic E-state index is 0.0810. The maximum atomic E-state index is 11.8. The minimum Gasteiger partial charge on any atom is -0.354 e. The van der Waals surface area contributed by atoms with E-state index in [1.54, 1.807) is 11.8 Å². The molecule has 0 fully saturated rings. The zero-order valence-electron chi connectivity index (χ0n) is 12.5. The number of carbonyl (C=O) groups excluding carboxylic acids is 1. The molecule has 2 aromatic rings. The standard InChI is InChI=1S/C16H21N3OS/c1-13-10-14(2)19(18-13)9-8-17-16(20)12-21-11-15-6-4-3-5-7-15/h3-7,10H,8-9,11-12H2,1-2H3,(H,17,20). The Kier molecular flexibility index (Phi) is 5.87. The van der Waals surface area contributed by atoms with Gasteiger partial charge in [-0.1, -0.05) is 30.3 Å². The lowest BCUT2D eigenvalue weighted by molar-refractivity contribution is -0.118. The molecule has 0 spiro atoms. The van der Waals surface area contributed by atoms with Crippen LogP contribution < -0.4 is 5.32 Å². The molecule has 0 saturated heterocycles. The van der Waals surface area contributed by atoms with Crippen molar-refractivity contribution in [2.24, 2.45) is 0 Å². The summed E-state index contributed by atoms with van der Waals surface area (Å²) in [6.07, 6.45) is 0. The number of hydrogen-bond acceptors (Lipinski definition) is 3. The van der Waals surface area contributed by atoms with E-state index in [9.17, 15) is 4.79 Å². The van der Waals surface area contributed by atoms with Crippen molar-refractivity contribution in [2.75, 3.05) is 12.3 Å². The zero-order chi connectivity index (χ0) is 15.1. The van der Waals surface area contributed by atoms with Gasteiger partial charge in [-0.3, -0.25) is 9.48 Å². The van der Waals surface area contributed by atoms with Crippen LogP contribution in [0, 0.1) is 13.8 Å². The van der Waals surface area contributed by atoms with E-state index in [1.165, 1.54) is 5.56 Å². The van der Waals surface area contributed by atoms with E-state index in [0.717, 1.165) is 23.7 Å². The summed E-state index contributed by atoms with van der Waals surface area (Å²) in [5.74, 6) is 1.44. The second-order valence-electron chi connectivity index (χ2n) is 4.98. The molecule has 0 saturated carbocycles. The Bertz CT molecular complexity index is 580. The number of nitrogens with zero attached hydrogens (tertiary/aromatic N) is 2. The quantitative estimate of drug-likeness (QED) is 0.855. The monoisotopic (exact) mass is 303 g/mol. The molecule has 4 nitrogen and oxygen atoms in total. The summed E-state index contributed by atoms with van der Waals surface area (Å²) in [4.78, 5) is 11.8. The first-order valence-electron chi connectivity index (χ1n) is 7.04. The van der Waals surface area contributed by atoms with Gasteiger partial charge in [0.1, 0.15) is 0 Å². The number of aryl methyl sites for hydroxylation is 2.